The molecule has 2 aromatic carbocycles. The first-order chi connectivity index (χ1) is 10.7. The highest BCUT2D eigenvalue weighted by Gasteiger charge is 2.31. The summed E-state index contributed by atoms with van der Waals surface area (Å²) in [6.45, 7) is -0.770. The Morgan fingerprint density at radius 2 is 1.83 bits per heavy atom. The van der Waals surface area contributed by atoms with Crippen LogP contribution < -0.4 is 4.74 Å². The number of halogens is 5. The molecule has 0 aliphatic carbocycles. The van der Waals surface area contributed by atoms with Crippen molar-refractivity contribution >= 4 is 17.6 Å². The Morgan fingerprint density at radius 1 is 1.13 bits per heavy atom. The van der Waals surface area contributed by atoms with E-state index < -0.39 is 30.1 Å². The molecule has 3 nitrogen and oxygen atoms in total. The Hall–Kier alpha value is -2.28. The second-order valence-electron chi connectivity index (χ2n) is 4.52. The predicted octanol–water partition coefficient (Wildman–Crippen LogP) is 4.63. The molecule has 2 rings (SSSR count). The van der Waals surface area contributed by atoms with E-state index in [9.17, 15) is 22.4 Å². The fraction of sp³-hybridized carbons (Fsp3) is 0.133. The number of hydrogen-bond acceptors (Lipinski definition) is 2. The van der Waals surface area contributed by atoms with Crippen molar-refractivity contribution in [3.8, 4) is 16.9 Å². The molecule has 0 aliphatic heterocycles. The standard InChI is InChI=1S/C15H9ClF4O3/c16-9-2-3-10(12(17)6-9)11-5-8(15(18,19)20)1-4-13(11)23-7-14(21)22/h1-6H,7H2,(H,21,22). The third kappa shape index (κ3) is 4.13. The van der Waals surface area contributed by atoms with Crippen molar-refractivity contribution in [1.82, 2.24) is 0 Å². The molecule has 0 radical (unpaired) electrons. The Kier molecular flexibility index (Phi) is 4.79. The first-order valence-corrected chi connectivity index (χ1v) is 6.57. The zero-order valence-electron chi connectivity index (χ0n) is 11.3. The number of alkyl halides is 3. The van der Waals surface area contributed by atoms with Crippen LogP contribution in [0.1, 0.15) is 5.56 Å². The molecule has 0 saturated heterocycles. The van der Waals surface area contributed by atoms with Gasteiger partial charge in [-0.1, -0.05) is 11.6 Å². The number of ether oxygens (including phenoxy) is 1. The van der Waals surface area contributed by atoms with E-state index in [0.29, 0.717) is 6.07 Å². The fourth-order valence-corrected chi connectivity index (χ4v) is 2.05. The molecular formula is C15H9ClF4O3. The van der Waals surface area contributed by atoms with Gasteiger partial charge in [-0.05, 0) is 36.4 Å². The smallest absolute Gasteiger partial charge is 0.416 e. The molecule has 0 fully saturated rings. The lowest BCUT2D eigenvalue weighted by molar-refractivity contribution is -0.140. The highest BCUT2D eigenvalue weighted by atomic mass is 35.5. The van der Waals surface area contributed by atoms with Gasteiger partial charge in [-0.15, -0.1) is 0 Å². The summed E-state index contributed by atoms with van der Waals surface area (Å²) in [4.78, 5) is 10.6. The number of hydrogen-bond donors (Lipinski definition) is 1. The number of carbonyl (C=O) groups is 1. The molecule has 1 N–H and O–H groups in total. The second-order valence-corrected chi connectivity index (χ2v) is 4.95. The summed E-state index contributed by atoms with van der Waals surface area (Å²) in [7, 11) is 0. The normalized spacial score (nSPS) is 11.3. The van der Waals surface area contributed by atoms with E-state index in [2.05, 4.69) is 0 Å². The van der Waals surface area contributed by atoms with Crippen molar-refractivity contribution < 1.29 is 32.2 Å². The van der Waals surface area contributed by atoms with Crippen LogP contribution in [0.5, 0.6) is 5.75 Å². The summed E-state index contributed by atoms with van der Waals surface area (Å²) >= 11 is 5.62. The van der Waals surface area contributed by atoms with Crippen LogP contribution in [0, 0.1) is 5.82 Å². The number of aliphatic carboxylic acids is 1. The van der Waals surface area contributed by atoms with E-state index in [-0.39, 0.29) is 21.9 Å². The maximum atomic E-state index is 14.0. The van der Waals surface area contributed by atoms with Crippen LogP contribution in [0.2, 0.25) is 5.02 Å². The van der Waals surface area contributed by atoms with E-state index in [1.807, 2.05) is 0 Å². The van der Waals surface area contributed by atoms with Crippen LogP contribution in [0.3, 0.4) is 0 Å². The molecule has 0 bridgehead atoms. The van der Waals surface area contributed by atoms with Crippen molar-refractivity contribution in [3.63, 3.8) is 0 Å². The molecule has 0 aliphatic rings. The molecule has 0 amide bonds. The van der Waals surface area contributed by atoms with Crippen molar-refractivity contribution in [2.24, 2.45) is 0 Å². The highest BCUT2D eigenvalue weighted by Crippen LogP contribution is 2.38. The minimum absolute atomic E-state index is 0.0752. The largest absolute Gasteiger partial charge is 0.481 e. The van der Waals surface area contributed by atoms with Gasteiger partial charge in [0.25, 0.3) is 0 Å². The van der Waals surface area contributed by atoms with Crippen molar-refractivity contribution in [3.05, 3.63) is 52.8 Å². The van der Waals surface area contributed by atoms with Gasteiger partial charge >= 0.3 is 12.1 Å². The van der Waals surface area contributed by atoms with Crippen LogP contribution >= 0.6 is 11.6 Å². The average Bonchev–Trinajstić information content (AvgIpc) is 2.44. The maximum Gasteiger partial charge on any atom is 0.416 e. The van der Waals surface area contributed by atoms with Crippen molar-refractivity contribution in [2.75, 3.05) is 6.61 Å². The summed E-state index contributed by atoms with van der Waals surface area (Å²) in [6, 6.07) is 5.83. The number of rotatable bonds is 4. The SMILES string of the molecule is O=C(O)COc1ccc(C(F)(F)F)cc1-c1ccc(Cl)cc1F. The maximum absolute atomic E-state index is 14.0. The third-order valence-electron chi connectivity index (χ3n) is 2.88. The summed E-state index contributed by atoms with van der Waals surface area (Å²) in [5, 5.41) is 8.69. The first kappa shape index (κ1) is 17.1. The minimum Gasteiger partial charge on any atom is -0.481 e. The lowest BCUT2D eigenvalue weighted by Crippen LogP contribution is -2.11. The Labute approximate surface area is 133 Å². The van der Waals surface area contributed by atoms with Gasteiger partial charge in [0.2, 0.25) is 0 Å². The molecule has 0 saturated carbocycles. The van der Waals surface area contributed by atoms with E-state index in [4.69, 9.17) is 21.4 Å². The van der Waals surface area contributed by atoms with Crippen LogP contribution in [0.15, 0.2) is 36.4 Å². The van der Waals surface area contributed by atoms with Gasteiger partial charge in [0, 0.05) is 16.1 Å². The Balaban J connectivity index is 2.57. The Morgan fingerprint density at radius 3 is 2.39 bits per heavy atom. The second kappa shape index (κ2) is 6.45. The topological polar surface area (TPSA) is 46.5 Å². The lowest BCUT2D eigenvalue weighted by atomic mass is 10.0. The Bertz CT molecular complexity index is 744. The van der Waals surface area contributed by atoms with Crippen molar-refractivity contribution in [1.29, 1.82) is 0 Å². The van der Waals surface area contributed by atoms with Crippen LogP contribution in [-0.2, 0) is 11.0 Å². The number of benzene rings is 2. The quantitative estimate of drug-likeness (QED) is 0.819. The van der Waals surface area contributed by atoms with E-state index >= 15 is 0 Å². The van der Waals surface area contributed by atoms with Gasteiger partial charge < -0.3 is 9.84 Å². The van der Waals surface area contributed by atoms with Crippen LogP contribution in [0.4, 0.5) is 17.6 Å². The van der Waals surface area contributed by atoms with Crippen LogP contribution in [0.25, 0.3) is 11.1 Å². The van der Waals surface area contributed by atoms with E-state index in [1.54, 1.807) is 0 Å². The molecule has 0 unspecified atom stereocenters. The van der Waals surface area contributed by atoms with E-state index in [0.717, 1.165) is 18.2 Å². The number of carboxylic acids is 1. The van der Waals surface area contributed by atoms with Gasteiger partial charge in [0.05, 0.1) is 5.56 Å². The molecule has 0 spiro atoms. The van der Waals surface area contributed by atoms with Crippen molar-refractivity contribution in [2.45, 2.75) is 6.18 Å². The molecule has 8 heteroatoms. The summed E-state index contributed by atoms with van der Waals surface area (Å²) in [5.74, 6) is -2.34. The molecule has 122 valence electrons. The number of carboxylic acid groups (broad SMARTS) is 1. The first-order valence-electron chi connectivity index (χ1n) is 6.20. The lowest BCUT2D eigenvalue weighted by Gasteiger charge is -2.14. The monoisotopic (exact) mass is 348 g/mol. The zero-order valence-corrected chi connectivity index (χ0v) is 12.1. The van der Waals surface area contributed by atoms with Gasteiger partial charge in [0.1, 0.15) is 11.6 Å². The summed E-state index contributed by atoms with van der Waals surface area (Å²) in [5.41, 5.74) is -1.40. The molecular weight excluding hydrogens is 340 g/mol. The molecule has 0 aromatic heterocycles. The molecule has 23 heavy (non-hydrogen) atoms. The van der Waals surface area contributed by atoms with Gasteiger partial charge in [-0.3, -0.25) is 0 Å². The highest BCUT2D eigenvalue weighted by molar-refractivity contribution is 6.30. The zero-order chi connectivity index (χ0) is 17.2. The fourth-order valence-electron chi connectivity index (χ4n) is 1.89. The molecule has 0 atom stereocenters. The van der Waals surface area contributed by atoms with Gasteiger partial charge in [-0.2, -0.15) is 13.2 Å². The minimum atomic E-state index is -4.64. The van der Waals surface area contributed by atoms with E-state index in [1.165, 1.54) is 12.1 Å². The van der Waals surface area contributed by atoms with Crippen LogP contribution in [-0.4, -0.2) is 17.7 Å². The summed E-state index contributed by atoms with van der Waals surface area (Å²) in [6.07, 6.45) is -4.64. The molecule has 0 heterocycles. The predicted molar refractivity (Wildman–Crippen MR) is 75.0 cm³/mol. The third-order valence-corrected chi connectivity index (χ3v) is 3.11. The summed E-state index contributed by atoms with van der Waals surface area (Å²) < 4.78 is 57.5. The van der Waals surface area contributed by atoms with Gasteiger partial charge in [-0.25, -0.2) is 9.18 Å². The average molecular weight is 349 g/mol. The molecule has 2 aromatic rings. The van der Waals surface area contributed by atoms with Gasteiger partial charge in [0.15, 0.2) is 6.61 Å².